The quantitative estimate of drug-likeness (QED) is 0.914. The predicted octanol–water partition coefficient (Wildman–Crippen LogP) is 1.72. The van der Waals surface area contributed by atoms with Crippen LogP contribution >= 0.6 is 11.8 Å². The van der Waals surface area contributed by atoms with Gasteiger partial charge in [-0.05, 0) is 29.7 Å². The summed E-state index contributed by atoms with van der Waals surface area (Å²) in [6.07, 6.45) is 1.09. The van der Waals surface area contributed by atoms with E-state index in [4.69, 9.17) is 9.47 Å². The van der Waals surface area contributed by atoms with Crippen LogP contribution in [-0.4, -0.2) is 49.9 Å². The first-order valence-corrected chi connectivity index (χ1v) is 8.23. The Morgan fingerprint density at radius 3 is 2.65 bits per heavy atom. The van der Waals surface area contributed by atoms with E-state index in [9.17, 15) is 0 Å². The third-order valence-electron chi connectivity index (χ3n) is 4.07. The zero-order valence-corrected chi connectivity index (χ0v) is 13.0. The molecule has 1 atom stereocenters. The number of nitrogens with one attached hydrogen (secondary N) is 1. The molecule has 1 N–H and O–H groups in total. The summed E-state index contributed by atoms with van der Waals surface area (Å²) in [6.45, 7) is 3.28. The minimum atomic E-state index is 0.640. The molecule has 2 aliphatic rings. The van der Waals surface area contributed by atoms with Crippen LogP contribution in [0.5, 0.6) is 11.5 Å². The van der Waals surface area contributed by atoms with Crippen molar-refractivity contribution in [3.05, 3.63) is 23.3 Å². The molecule has 2 aliphatic heterocycles. The number of thioether (sulfide) groups is 1. The van der Waals surface area contributed by atoms with Gasteiger partial charge in [-0.1, -0.05) is 0 Å². The van der Waals surface area contributed by atoms with Crippen molar-refractivity contribution in [2.45, 2.75) is 19.0 Å². The monoisotopic (exact) mass is 294 g/mol. The maximum absolute atomic E-state index is 5.41. The van der Waals surface area contributed by atoms with Crippen LogP contribution in [0.15, 0.2) is 12.1 Å². The maximum atomic E-state index is 5.41. The Hall–Kier alpha value is -0.910. The number of hydrogen-bond donors (Lipinski definition) is 1. The molecule has 1 fully saturated rings. The average Bonchev–Trinajstić information content (AvgIpc) is 2.98. The Balaban J connectivity index is 1.73. The van der Waals surface area contributed by atoms with E-state index in [1.165, 1.54) is 16.9 Å². The Bertz CT molecular complexity index is 475. The van der Waals surface area contributed by atoms with Gasteiger partial charge in [0, 0.05) is 37.3 Å². The topological polar surface area (TPSA) is 33.7 Å². The Morgan fingerprint density at radius 1 is 1.25 bits per heavy atom. The summed E-state index contributed by atoms with van der Waals surface area (Å²) in [6, 6.07) is 4.91. The number of hydrogen-bond acceptors (Lipinski definition) is 5. The standard InChI is InChI=1S/C15H22N2O2S/c1-18-14-5-11-3-4-17(8-13-9-20-10-16-13)7-12(11)6-15(14)19-2/h5-6,13,16H,3-4,7-10H2,1-2H3. The summed E-state index contributed by atoms with van der Waals surface area (Å²) in [7, 11) is 3.40. The number of rotatable bonds is 4. The van der Waals surface area contributed by atoms with Crippen LogP contribution in [0.4, 0.5) is 0 Å². The molecule has 4 nitrogen and oxygen atoms in total. The molecule has 0 bridgehead atoms. The van der Waals surface area contributed by atoms with E-state index in [-0.39, 0.29) is 0 Å². The Labute approximate surface area is 124 Å². The minimum Gasteiger partial charge on any atom is -0.493 e. The molecular formula is C15H22N2O2S. The summed E-state index contributed by atoms with van der Waals surface area (Å²) in [4.78, 5) is 2.54. The van der Waals surface area contributed by atoms with Crippen molar-refractivity contribution in [1.82, 2.24) is 10.2 Å². The van der Waals surface area contributed by atoms with Crippen molar-refractivity contribution in [1.29, 1.82) is 0 Å². The molecule has 0 spiro atoms. The summed E-state index contributed by atoms with van der Waals surface area (Å²) in [5, 5.41) is 3.55. The first-order valence-electron chi connectivity index (χ1n) is 7.07. The van der Waals surface area contributed by atoms with Crippen LogP contribution in [0.2, 0.25) is 0 Å². The number of nitrogens with zero attached hydrogens (tertiary/aromatic N) is 1. The van der Waals surface area contributed by atoms with Crippen LogP contribution in [0.3, 0.4) is 0 Å². The fraction of sp³-hybridized carbons (Fsp3) is 0.600. The summed E-state index contributed by atoms with van der Waals surface area (Å²) in [5.41, 5.74) is 2.77. The predicted molar refractivity (Wildman–Crippen MR) is 82.8 cm³/mol. The van der Waals surface area contributed by atoms with Gasteiger partial charge >= 0.3 is 0 Å². The molecule has 0 saturated carbocycles. The van der Waals surface area contributed by atoms with Gasteiger partial charge in [-0.3, -0.25) is 4.90 Å². The van der Waals surface area contributed by atoms with Crippen LogP contribution in [0, 0.1) is 0 Å². The van der Waals surface area contributed by atoms with Crippen LogP contribution in [0.25, 0.3) is 0 Å². The van der Waals surface area contributed by atoms with E-state index in [1.54, 1.807) is 14.2 Å². The molecule has 1 saturated heterocycles. The number of fused-ring (bicyclic) bond motifs is 1. The van der Waals surface area contributed by atoms with Gasteiger partial charge in [0.15, 0.2) is 11.5 Å². The summed E-state index contributed by atoms with van der Waals surface area (Å²) >= 11 is 1.99. The molecule has 0 aliphatic carbocycles. The molecule has 5 heteroatoms. The van der Waals surface area contributed by atoms with Crippen molar-refractivity contribution in [2.24, 2.45) is 0 Å². The maximum Gasteiger partial charge on any atom is 0.161 e. The van der Waals surface area contributed by atoms with Crippen LogP contribution in [-0.2, 0) is 13.0 Å². The van der Waals surface area contributed by atoms with Crippen molar-refractivity contribution < 1.29 is 9.47 Å². The fourth-order valence-corrected chi connectivity index (χ4v) is 3.94. The molecule has 1 unspecified atom stereocenters. The molecule has 1 aromatic carbocycles. The van der Waals surface area contributed by atoms with E-state index in [2.05, 4.69) is 22.3 Å². The summed E-state index contributed by atoms with van der Waals surface area (Å²) < 4.78 is 10.8. The van der Waals surface area contributed by atoms with Crippen LogP contribution in [0.1, 0.15) is 11.1 Å². The molecule has 0 amide bonds. The highest BCUT2D eigenvalue weighted by Gasteiger charge is 2.23. The molecule has 110 valence electrons. The highest BCUT2D eigenvalue weighted by atomic mass is 32.2. The van der Waals surface area contributed by atoms with Crippen molar-refractivity contribution in [2.75, 3.05) is 38.9 Å². The van der Waals surface area contributed by atoms with Gasteiger partial charge in [0.25, 0.3) is 0 Å². The Kier molecular flexibility index (Phi) is 4.38. The lowest BCUT2D eigenvalue weighted by atomic mass is 9.98. The van der Waals surface area contributed by atoms with E-state index >= 15 is 0 Å². The van der Waals surface area contributed by atoms with Gasteiger partial charge in [0.05, 0.1) is 14.2 Å². The average molecular weight is 294 g/mol. The van der Waals surface area contributed by atoms with Crippen molar-refractivity contribution in [3.63, 3.8) is 0 Å². The normalized spacial score (nSPS) is 22.6. The first kappa shape index (κ1) is 14.0. The van der Waals surface area contributed by atoms with E-state index < -0.39 is 0 Å². The van der Waals surface area contributed by atoms with E-state index in [1.807, 2.05) is 11.8 Å². The fourth-order valence-electron chi connectivity index (χ4n) is 2.96. The van der Waals surface area contributed by atoms with Gasteiger partial charge in [0.2, 0.25) is 0 Å². The van der Waals surface area contributed by atoms with Crippen molar-refractivity contribution >= 4 is 11.8 Å². The second kappa shape index (κ2) is 6.24. The lowest BCUT2D eigenvalue weighted by Crippen LogP contribution is -2.41. The molecule has 2 heterocycles. The molecule has 20 heavy (non-hydrogen) atoms. The number of methoxy groups -OCH3 is 2. The van der Waals surface area contributed by atoms with Gasteiger partial charge < -0.3 is 14.8 Å². The molecule has 3 rings (SSSR count). The Morgan fingerprint density at radius 2 is 2.00 bits per heavy atom. The highest BCUT2D eigenvalue weighted by molar-refractivity contribution is 7.99. The number of ether oxygens (including phenoxy) is 2. The zero-order valence-electron chi connectivity index (χ0n) is 12.1. The van der Waals surface area contributed by atoms with Gasteiger partial charge in [0.1, 0.15) is 0 Å². The second-order valence-electron chi connectivity index (χ2n) is 5.38. The lowest BCUT2D eigenvalue weighted by Gasteiger charge is -2.31. The zero-order chi connectivity index (χ0) is 13.9. The molecule has 0 radical (unpaired) electrons. The third kappa shape index (κ3) is 2.90. The molecule has 1 aromatic rings. The smallest absolute Gasteiger partial charge is 0.161 e. The first-order chi connectivity index (χ1) is 9.80. The van der Waals surface area contributed by atoms with Crippen LogP contribution < -0.4 is 14.8 Å². The minimum absolute atomic E-state index is 0.640. The third-order valence-corrected chi connectivity index (χ3v) is 5.08. The van der Waals surface area contributed by atoms with E-state index in [0.717, 1.165) is 43.4 Å². The van der Waals surface area contributed by atoms with E-state index in [0.29, 0.717) is 6.04 Å². The highest BCUT2D eigenvalue weighted by Crippen LogP contribution is 2.33. The van der Waals surface area contributed by atoms with Gasteiger partial charge in [-0.25, -0.2) is 0 Å². The van der Waals surface area contributed by atoms with Crippen molar-refractivity contribution in [3.8, 4) is 11.5 Å². The largest absolute Gasteiger partial charge is 0.493 e. The number of benzene rings is 1. The van der Waals surface area contributed by atoms with Gasteiger partial charge in [-0.2, -0.15) is 0 Å². The SMILES string of the molecule is COc1cc2c(cc1OC)CN(CC1CSCN1)CC2. The lowest BCUT2D eigenvalue weighted by molar-refractivity contribution is 0.234. The molecule has 0 aromatic heterocycles. The second-order valence-corrected chi connectivity index (χ2v) is 6.41. The molecular weight excluding hydrogens is 272 g/mol. The van der Waals surface area contributed by atoms with Gasteiger partial charge in [-0.15, -0.1) is 11.8 Å². The summed E-state index contributed by atoms with van der Waals surface area (Å²) in [5.74, 6) is 4.01.